The first-order valence-electron chi connectivity index (χ1n) is 5.48. The lowest BCUT2D eigenvalue weighted by Gasteiger charge is -2.12. The summed E-state index contributed by atoms with van der Waals surface area (Å²) < 4.78 is 2.00. The maximum Gasteiger partial charge on any atom is 0.0534 e. The molecule has 1 atom stereocenters. The van der Waals surface area contributed by atoms with Crippen molar-refractivity contribution in [2.24, 2.45) is 5.92 Å². The summed E-state index contributed by atoms with van der Waals surface area (Å²) in [5.74, 6) is 0.939. The molecule has 0 bridgehead atoms. The monoisotopic (exact) mass is 193 g/mol. The number of rotatable bonds is 5. The molecule has 1 unspecified atom stereocenters. The van der Waals surface area contributed by atoms with Crippen LogP contribution in [-0.2, 0) is 6.54 Å². The third-order valence-corrected chi connectivity index (χ3v) is 2.90. The van der Waals surface area contributed by atoms with Crippen molar-refractivity contribution in [3.8, 4) is 0 Å². The van der Waals surface area contributed by atoms with Crippen molar-refractivity contribution in [1.29, 1.82) is 0 Å². The highest BCUT2D eigenvalue weighted by Gasteiger charge is 2.27. The second-order valence-corrected chi connectivity index (χ2v) is 4.36. The highest BCUT2D eigenvalue weighted by molar-refractivity contribution is 4.99. The van der Waals surface area contributed by atoms with Crippen molar-refractivity contribution in [2.75, 3.05) is 6.54 Å². The zero-order valence-electron chi connectivity index (χ0n) is 9.03. The van der Waals surface area contributed by atoms with Crippen molar-refractivity contribution in [2.45, 2.75) is 39.3 Å². The van der Waals surface area contributed by atoms with Crippen molar-refractivity contribution in [1.82, 2.24) is 15.1 Å². The van der Waals surface area contributed by atoms with Gasteiger partial charge in [-0.15, -0.1) is 0 Å². The van der Waals surface area contributed by atoms with Crippen LogP contribution in [0.4, 0.5) is 0 Å². The number of nitrogens with zero attached hydrogens (tertiary/aromatic N) is 2. The molecule has 3 nitrogen and oxygen atoms in total. The lowest BCUT2D eigenvalue weighted by molar-refractivity contribution is 0.463. The van der Waals surface area contributed by atoms with Crippen molar-refractivity contribution >= 4 is 0 Å². The van der Waals surface area contributed by atoms with Crippen LogP contribution in [0.3, 0.4) is 0 Å². The highest BCUT2D eigenvalue weighted by atomic mass is 15.3. The number of nitrogens with one attached hydrogen (secondary N) is 1. The van der Waals surface area contributed by atoms with Gasteiger partial charge in [-0.05, 0) is 38.2 Å². The summed E-state index contributed by atoms with van der Waals surface area (Å²) in [6, 6.07) is 0.687. The Labute approximate surface area is 85.5 Å². The maximum absolute atomic E-state index is 4.25. The van der Waals surface area contributed by atoms with Gasteiger partial charge >= 0.3 is 0 Å². The fourth-order valence-electron chi connectivity index (χ4n) is 1.76. The van der Waals surface area contributed by atoms with E-state index in [1.807, 2.05) is 10.9 Å². The third-order valence-electron chi connectivity index (χ3n) is 2.90. The van der Waals surface area contributed by atoms with E-state index in [2.05, 4.69) is 30.5 Å². The Kier molecular flexibility index (Phi) is 2.87. The first kappa shape index (κ1) is 9.71. The molecule has 0 aliphatic heterocycles. The van der Waals surface area contributed by atoms with E-state index < -0.39 is 0 Å². The Morgan fingerprint density at radius 2 is 2.43 bits per heavy atom. The highest BCUT2D eigenvalue weighted by Crippen LogP contribution is 2.32. The average Bonchev–Trinajstić information content (AvgIpc) is 2.92. The number of hydrogen-bond donors (Lipinski definition) is 1. The Bertz CT molecular complexity index is 288. The molecule has 1 N–H and O–H groups in total. The molecule has 0 aromatic carbocycles. The first-order valence-corrected chi connectivity index (χ1v) is 5.48. The molecule has 2 rings (SSSR count). The SMILES string of the molecule is Cc1cnn(CCNC(C)C2CC2)c1. The first-order chi connectivity index (χ1) is 6.75. The third kappa shape index (κ3) is 2.58. The van der Waals surface area contributed by atoms with Crippen LogP contribution in [0.25, 0.3) is 0 Å². The number of aromatic nitrogens is 2. The van der Waals surface area contributed by atoms with Crippen LogP contribution < -0.4 is 5.32 Å². The lowest BCUT2D eigenvalue weighted by atomic mass is 10.2. The average molecular weight is 193 g/mol. The summed E-state index contributed by atoms with van der Waals surface area (Å²) in [7, 11) is 0. The van der Waals surface area contributed by atoms with Crippen LogP contribution >= 0.6 is 0 Å². The summed E-state index contributed by atoms with van der Waals surface area (Å²) in [5.41, 5.74) is 1.24. The summed E-state index contributed by atoms with van der Waals surface area (Å²) >= 11 is 0. The smallest absolute Gasteiger partial charge is 0.0534 e. The van der Waals surface area contributed by atoms with E-state index in [-0.39, 0.29) is 0 Å². The van der Waals surface area contributed by atoms with Crippen LogP contribution in [0, 0.1) is 12.8 Å². The van der Waals surface area contributed by atoms with Gasteiger partial charge in [-0.25, -0.2) is 0 Å². The van der Waals surface area contributed by atoms with Gasteiger partial charge in [0.2, 0.25) is 0 Å². The summed E-state index contributed by atoms with van der Waals surface area (Å²) in [5, 5.41) is 7.79. The molecule has 78 valence electrons. The molecule has 1 aromatic heterocycles. The number of aryl methyl sites for hydroxylation is 1. The Balaban J connectivity index is 1.67. The molecule has 1 saturated carbocycles. The van der Waals surface area contributed by atoms with Gasteiger partial charge in [0.1, 0.15) is 0 Å². The van der Waals surface area contributed by atoms with E-state index in [0.717, 1.165) is 19.0 Å². The summed E-state index contributed by atoms with van der Waals surface area (Å²) in [4.78, 5) is 0. The minimum Gasteiger partial charge on any atom is -0.312 e. The molecule has 1 aliphatic carbocycles. The van der Waals surface area contributed by atoms with Crippen molar-refractivity contribution in [3.63, 3.8) is 0 Å². The Morgan fingerprint density at radius 3 is 3.00 bits per heavy atom. The van der Waals surface area contributed by atoms with Gasteiger partial charge in [0.25, 0.3) is 0 Å². The largest absolute Gasteiger partial charge is 0.312 e. The molecule has 14 heavy (non-hydrogen) atoms. The van der Waals surface area contributed by atoms with Gasteiger partial charge in [0, 0.05) is 18.8 Å². The van der Waals surface area contributed by atoms with E-state index in [1.54, 1.807) is 0 Å². The van der Waals surface area contributed by atoms with E-state index in [1.165, 1.54) is 18.4 Å². The van der Waals surface area contributed by atoms with Gasteiger partial charge in [0.05, 0.1) is 12.7 Å². The van der Waals surface area contributed by atoms with Crippen molar-refractivity contribution in [3.05, 3.63) is 18.0 Å². The molecular weight excluding hydrogens is 174 g/mol. The zero-order chi connectivity index (χ0) is 9.97. The van der Waals surface area contributed by atoms with Crippen LogP contribution in [0.5, 0.6) is 0 Å². The molecule has 1 heterocycles. The molecule has 3 heteroatoms. The minimum absolute atomic E-state index is 0.687. The number of hydrogen-bond acceptors (Lipinski definition) is 2. The fraction of sp³-hybridized carbons (Fsp3) is 0.727. The second kappa shape index (κ2) is 4.13. The van der Waals surface area contributed by atoms with Crippen LogP contribution in [0.15, 0.2) is 12.4 Å². The van der Waals surface area contributed by atoms with E-state index >= 15 is 0 Å². The Hall–Kier alpha value is -0.830. The van der Waals surface area contributed by atoms with Gasteiger partial charge in [0.15, 0.2) is 0 Å². The van der Waals surface area contributed by atoms with Gasteiger partial charge in [-0.1, -0.05) is 0 Å². The van der Waals surface area contributed by atoms with E-state index in [0.29, 0.717) is 6.04 Å². The normalized spacial score (nSPS) is 18.4. The Morgan fingerprint density at radius 1 is 1.64 bits per heavy atom. The molecule has 0 amide bonds. The topological polar surface area (TPSA) is 29.9 Å². The van der Waals surface area contributed by atoms with E-state index in [9.17, 15) is 0 Å². The predicted octanol–water partition coefficient (Wildman–Crippen LogP) is 1.58. The van der Waals surface area contributed by atoms with Gasteiger partial charge in [-0.2, -0.15) is 5.10 Å². The van der Waals surface area contributed by atoms with Crippen molar-refractivity contribution < 1.29 is 0 Å². The molecule has 1 aromatic rings. The van der Waals surface area contributed by atoms with E-state index in [4.69, 9.17) is 0 Å². The molecule has 0 spiro atoms. The lowest BCUT2D eigenvalue weighted by Crippen LogP contribution is -2.31. The quantitative estimate of drug-likeness (QED) is 0.769. The van der Waals surface area contributed by atoms with Crippen LogP contribution in [0.2, 0.25) is 0 Å². The summed E-state index contributed by atoms with van der Waals surface area (Å²) in [6.07, 6.45) is 6.82. The fourth-order valence-corrected chi connectivity index (χ4v) is 1.76. The molecule has 1 fully saturated rings. The predicted molar refractivity (Wildman–Crippen MR) is 57.2 cm³/mol. The molecule has 1 aliphatic rings. The molecule has 0 saturated heterocycles. The van der Waals surface area contributed by atoms with Crippen LogP contribution in [-0.4, -0.2) is 22.4 Å². The molecule has 0 radical (unpaired) electrons. The zero-order valence-corrected chi connectivity index (χ0v) is 9.03. The second-order valence-electron chi connectivity index (χ2n) is 4.36. The van der Waals surface area contributed by atoms with Crippen LogP contribution in [0.1, 0.15) is 25.3 Å². The standard InChI is InChI=1S/C11H19N3/c1-9-7-13-14(8-9)6-5-12-10(2)11-3-4-11/h7-8,10-12H,3-6H2,1-2H3. The van der Waals surface area contributed by atoms with Gasteiger partial charge in [-0.3, -0.25) is 4.68 Å². The maximum atomic E-state index is 4.25. The minimum atomic E-state index is 0.687. The summed E-state index contributed by atoms with van der Waals surface area (Å²) in [6.45, 7) is 6.36. The molecular formula is C11H19N3. The van der Waals surface area contributed by atoms with Gasteiger partial charge < -0.3 is 5.32 Å².